The second-order valence-corrected chi connectivity index (χ2v) is 5.32. The minimum Gasteiger partial charge on any atom is -0.480 e. The number of carbonyl (C=O) groups excluding carboxylic acids is 1. The Hall–Kier alpha value is -1.30. The van der Waals surface area contributed by atoms with Crippen LogP contribution in [0.15, 0.2) is 12.1 Å². The van der Waals surface area contributed by atoms with Crippen LogP contribution < -0.4 is 5.32 Å². The zero-order valence-electron chi connectivity index (χ0n) is 11.4. The van der Waals surface area contributed by atoms with Gasteiger partial charge in [0.25, 0.3) is 0 Å². The van der Waals surface area contributed by atoms with E-state index >= 15 is 0 Å². The topological polar surface area (TPSA) is 69.6 Å². The maximum Gasteiger partial charge on any atom is 0.320 e. The zero-order chi connectivity index (χ0) is 15.4. The number of likely N-dealkylation sites (N-methyl/N-ethyl adjacent to an activating group) is 1. The molecule has 0 spiro atoms. The Kier molecular flexibility index (Phi) is 5.80. The molecule has 0 aliphatic rings. The third-order valence-corrected chi connectivity index (χ3v) is 3.76. The third-order valence-electron chi connectivity index (χ3n) is 2.96. The lowest BCUT2D eigenvalue weighted by Crippen LogP contribution is -2.40. The molecule has 2 N–H and O–H groups in total. The van der Waals surface area contributed by atoms with Crippen LogP contribution in [-0.4, -0.2) is 41.5 Å². The molecule has 1 aromatic carbocycles. The average molecular weight is 319 g/mol. The molecular formula is C13H16Cl2N2O3. The van der Waals surface area contributed by atoms with Crippen molar-refractivity contribution in [1.82, 2.24) is 4.90 Å². The molecular weight excluding hydrogens is 303 g/mol. The van der Waals surface area contributed by atoms with Gasteiger partial charge in [-0.05, 0) is 32.5 Å². The number of carboxylic acids is 1. The van der Waals surface area contributed by atoms with Gasteiger partial charge in [-0.25, -0.2) is 0 Å². The van der Waals surface area contributed by atoms with Crippen LogP contribution in [0.2, 0.25) is 10.0 Å². The van der Waals surface area contributed by atoms with Gasteiger partial charge in [0.2, 0.25) is 5.91 Å². The van der Waals surface area contributed by atoms with Crippen LogP contribution in [0.5, 0.6) is 0 Å². The number of aryl methyl sites for hydroxylation is 1. The number of nitrogens with one attached hydrogen (secondary N) is 1. The minimum atomic E-state index is -0.994. The van der Waals surface area contributed by atoms with Crippen LogP contribution in [-0.2, 0) is 9.59 Å². The van der Waals surface area contributed by atoms with E-state index in [4.69, 9.17) is 28.3 Å². The molecule has 0 fully saturated rings. The first kappa shape index (κ1) is 16.8. The number of carbonyl (C=O) groups is 2. The molecule has 0 aliphatic carbocycles. The molecule has 0 heterocycles. The lowest BCUT2D eigenvalue weighted by Gasteiger charge is -2.20. The van der Waals surface area contributed by atoms with E-state index in [9.17, 15) is 9.59 Å². The van der Waals surface area contributed by atoms with Crippen molar-refractivity contribution < 1.29 is 14.7 Å². The van der Waals surface area contributed by atoms with Gasteiger partial charge in [-0.3, -0.25) is 14.5 Å². The van der Waals surface area contributed by atoms with Crippen molar-refractivity contribution in [3.63, 3.8) is 0 Å². The number of hydrogen-bond donors (Lipinski definition) is 2. The Labute approximate surface area is 127 Å². The van der Waals surface area contributed by atoms with Gasteiger partial charge in [0.15, 0.2) is 0 Å². The van der Waals surface area contributed by atoms with E-state index in [2.05, 4.69) is 5.32 Å². The number of aliphatic carboxylic acids is 1. The summed E-state index contributed by atoms with van der Waals surface area (Å²) in [5.41, 5.74) is 1.13. The number of hydrogen-bond acceptors (Lipinski definition) is 3. The quantitative estimate of drug-likeness (QED) is 0.875. The van der Waals surface area contributed by atoms with E-state index in [-0.39, 0.29) is 12.5 Å². The molecule has 7 heteroatoms. The molecule has 0 aliphatic heterocycles. The zero-order valence-corrected chi connectivity index (χ0v) is 12.9. The summed E-state index contributed by atoms with van der Waals surface area (Å²) >= 11 is 12.1. The van der Waals surface area contributed by atoms with Gasteiger partial charge in [0.1, 0.15) is 6.04 Å². The highest BCUT2D eigenvalue weighted by Gasteiger charge is 2.20. The SMILES string of the molecule is Cc1ccc(Cl)c(NC(=O)CN(C)C(C)C(=O)O)c1Cl. The maximum atomic E-state index is 11.9. The number of benzene rings is 1. The van der Waals surface area contributed by atoms with Gasteiger partial charge in [-0.15, -0.1) is 0 Å². The number of amides is 1. The summed E-state index contributed by atoms with van der Waals surface area (Å²) in [4.78, 5) is 24.1. The lowest BCUT2D eigenvalue weighted by molar-refractivity contribution is -0.142. The molecule has 110 valence electrons. The predicted octanol–water partition coefficient (Wildman–Crippen LogP) is 2.65. The van der Waals surface area contributed by atoms with Gasteiger partial charge in [0, 0.05) is 0 Å². The first-order valence-electron chi connectivity index (χ1n) is 5.91. The van der Waals surface area contributed by atoms with E-state index in [1.54, 1.807) is 26.1 Å². The molecule has 0 saturated heterocycles. The van der Waals surface area contributed by atoms with Crippen LogP contribution in [0.1, 0.15) is 12.5 Å². The summed E-state index contributed by atoms with van der Waals surface area (Å²) in [5, 5.41) is 12.2. The van der Waals surface area contributed by atoms with Crippen LogP contribution >= 0.6 is 23.2 Å². The maximum absolute atomic E-state index is 11.9. The van der Waals surface area contributed by atoms with Gasteiger partial charge >= 0.3 is 5.97 Å². The monoisotopic (exact) mass is 318 g/mol. The summed E-state index contributed by atoms with van der Waals surface area (Å²) in [5.74, 6) is -1.37. The van der Waals surface area contributed by atoms with Crippen molar-refractivity contribution >= 4 is 40.8 Å². The van der Waals surface area contributed by atoms with E-state index in [1.165, 1.54) is 11.8 Å². The molecule has 1 amide bonds. The Balaban J connectivity index is 2.77. The van der Waals surface area contributed by atoms with Gasteiger partial charge in [-0.1, -0.05) is 29.3 Å². The largest absolute Gasteiger partial charge is 0.480 e. The number of halogens is 2. The number of anilines is 1. The first-order valence-corrected chi connectivity index (χ1v) is 6.67. The number of nitrogens with zero attached hydrogens (tertiary/aromatic N) is 1. The van der Waals surface area contributed by atoms with Crippen LogP contribution in [0, 0.1) is 6.92 Å². The summed E-state index contributed by atoms with van der Waals surface area (Å²) < 4.78 is 0. The van der Waals surface area contributed by atoms with Crippen molar-refractivity contribution in [2.45, 2.75) is 19.9 Å². The fraction of sp³-hybridized carbons (Fsp3) is 0.385. The molecule has 0 aromatic heterocycles. The molecule has 1 atom stereocenters. The Morgan fingerprint density at radius 1 is 1.40 bits per heavy atom. The highest BCUT2D eigenvalue weighted by molar-refractivity contribution is 6.40. The van der Waals surface area contributed by atoms with Crippen molar-refractivity contribution in [3.8, 4) is 0 Å². The molecule has 20 heavy (non-hydrogen) atoms. The second kappa shape index (κ2) is 6.92. The molecule has 0 bridgehead atoms. The molecule has 5 nitrogen and oxygen atoms in total. The summed E-state index contributed by atoms with van der Waals surface area (Å²) in [6.45, 7) is 3.23. The minimum absolute atomic E-state index is 0.0753. The van der Waals surface area contributed by atoms with E-state index in [0.29, 0.717) is 15.7 Å². The number of rotatable bonds is 5. The molecule has 0 saturated carbocycles. The number of carboxylic acid groups (broad SMARTS) is 1. The molecule has 1 aromatic rings. The molecule has 1 unspecified atom stereocenters. The standard InChI is InChI=1S/C13H16Cl2N2O3/c1-7-4-5-9(14)12(11(7)15)16-10(18)6-17(3)8(2)13(19)20/h4-5,8H,6H2,1-3H3,(H,16,18)(H,19,20). The molecule has 1 rings (SSSR count). The fourth-order valence-electron chi connectivity index (χ4n) is 1.50. The Morgan fingerprint density at radius 2 is 2.00 bits per heavy atom. The third kappa shape index (κ3) is 4.10. The van der Waals surface area contributed by atoms with Crippen molar-refractivity contribution in [3.05, 3.63) is 27.7 Å². The van der Waals surface area contributed by atoms with Gasteiger partial charge in [0.05, 0.1) is 22.3 Å². The normalized spacial score (nSPS) is 12.3. The van der Waals surface area contributed by atoms with Crippen LogP contribution in [0.4, 0.5) is 5.69 Å². The van der Waals surface area contributed by atoms with Crippen molar-refractivity contribution in [1.29, 1.82) is 0 Å². The van der Waals surface area contributed by atoms with E-state index in [0.717, 1.165) is 5.56 Å². The van der Waals surface area contributed by atoms with E-state index in [1.807, 2.05) is 0 Å². The fourth-order valence-corrected chi connectivity index (χ4v) is 1.97. The van der Waals surface area contributed by atoms with E-state index < -0.39 is 12.0 Å². The van der Waals surface area contributed by atoms with Gasteiger partial charge < -0.3 is 10.4 Å². The Bertz CT molecular complexity index is 535. The Morgan fingerprint density at radius 3 is 2.55 bits per heavy atom. The highest BCUT2D eigenvalue weighted by Crippen LogP contribution is 2.32. The first-order chi connectivity index (χ1) is 9.23. The van der Waals surface area contributed by atoms with Crippen molar-refractivity contribution in [2.24, 2.45) is 0 Å². The lowest BCUT2D eigenvalue weighted by atomic mass is 10.2. The summed E-state index contributed by atoms with van der Waals surface area (Å²) in [7, 11) is 1.55. The van der Waals surface area contributed by atoms with Crippen LogP contribution in [0.25, 0.3) is 0 Å². The average Bonchev–Trinajstić information content (AvgIpc) is 2.38. The molecule has 0 radical (unpaired) electrons. The summed E-state index contributed by atoms with van der Waals surface area (Å²) in [6, 6.07) is 2.63. The van der Waals surface area contributed by atoms with Crippen LogP contribution in [0.3, 0.4) is 0 Å². The predicted molar refractivity (Wildman–Crippen MR) is 79.6 cm³/mol. The second-order valence-electron chi connectivity index (χ2n) is 4.53. The smallest absolute Gasteiger partial charge is 0.320 e. The van der Waals surface area contributed by atoms with Crippen molar-refractivity contribution in [2.75, 3.05) is 18.9 Å². The highest BCUT2D eigenvalue weighted by atomic mass is 35.5. The summed E-state index contributed by atoms with van der Waals surface area (Å²) in [6.07, 6.45) is 0. The van der Waals surface area contributed by atoms with Gasteiger partial charge in [-0.2, -0.15) is 0 Å².